The third-order valence-corrected chi connectivity index (χ3v) is 4.49. The van der Waals surface area contributed by atoms with Crippen molar-refractivity contribution < 1.29 is 14.3 Å². The molecule has 0 saturated carbocycles. The average Bonchev–Trinajstić information content (AvgIpc) is 3.12. The second-order valence-corrected chi connectivity index (χ2v) is 7.15. The van der Waals surface area contributed by atoms with Gasteiger partial charge in [-0.05, 0) is 31.2 Å². The molecule has 1 heterocycles. The number of ether oxygens (including phenoxy) is 2. The Balaban J connectivity index is 1.47. The Kier molecular flexibility index (Phi) is 7.12. The predicted octanol–water partition coefficient (Wildman–Crippen LogP) is 2.58. The van der Waals surface area contributed by atoms with E-state index >= 15 is 0 Å². The zero-order valence-corrected chi connectivity index (χ0v) is 16.7. The molecule has 0 atom stereocenters. The number of nitrogens with zero attached hydrogens (tertiary/aromatic N) is 3. The van der Waals surface area contributed by atoms with Crippen LogP contribution in [0.1, 0.15) is 16.1 Å². The third kappa shape index (κ3) is 6.58. The molecule has 3 aromatic rings. The van der Waals surface area contributed by atoms with Gasteiger partial charge in [0.2, 0.25) is 11.0 Å². The van der Waals surface area contributed by atoms with E-state index in [1.807, 2.05) is 55.5 Å². The molecule has 0 unspecified atom stereocenters. The maximum Gasteiger partial charge on any atom is 0.247 e. The number of anilines is 1. The number of aryl methyl sites for hydroxylation is 1. The van der Waals surface area contributed by atoms with E-state index in [0.29, 0.717) is 29.1 Å². The average molecular weight is 411 g/mol. The van der Waals surface area contributed by atoms with Gasteiger partial charge in [0.05, 0.1) is 12.6 Å². The highest BCUT2D eigenvalue weighted by Crippen LogP contribution is 2.16. The number of carbonyl (C=O) groups is 1. The summed E-state index contributed by atoms with van der Waals surface area (Å²) in [5.74, 6) is 1.14. The van der Waals surface area contributed by atoms with E-state index in [0.717, 1.165) is 11.3 Å². The molecular formula is C20H21N5O3S. The van der Waals surface area contributed by atoms with Crippen molar-refractivity contribution in [3.05, 3.63) is 64.7 Å². The van der Waals surface area contributed by atoms with Crippen LogP contribution in [0.25, 0.3) is 0 Å². The number of hydrogen-bond donors (Lipinski definition) is 2. The summed E-state index contributed by atoms with van der Waals surface area (Å²) < 4.78 is 11.4. The van der Waals surface area contributed by atoms with Crippen LogP contribution in [0.3, 0.4) is 0 Å². The molecule has 150 valence electrons. The molecule has 1 aromatic heterocycles. The van der Waals surface area contributed by atoms with E-state index in [1.54, 1.807) is 0 Å². The molecule has 8 nitrogen and oxygen atoms in total. The molecule has 1 amide bonds. The molecule has 0 spiro atoms. The molecule has 9 heteroatoms. The molecule has 0 aliphatic rings. The van der Waals surface area contributed by atoms with Crippen LogP contribution in [0.5, 0.6) is 11.5 Å². The van der Waals surface area contributed by atoms with Gasteiger partial charge in [-0.3, -0.25) is 4.79 Å². The minimum Gasteiger partial charge on any atom is -0.490 e. The minimum absolute atomic E-state index is 0.0701. The Morgan fingerprint density at radius 2 is 1.90 bits per heavy atom. The van der Waals surface area contributed by atoms with Gasteiger partial charge in [0, 0.05) is 5.56 Å². The molecule has 3 rings (SSSR count). The number of nitrogens with one attached hydrogen (secondary N) is 1. The molecule has 0 aliphatic heterocycles. The SMILES string of the molecule is Cc1ccc(OCCOc2ccccc2/C=N\NC(=O)Cc2nnc(N)s2)cc1. The Hall–Kier alpha value is -3.46. The summed E-state index contributed by atoms with van der Waals surface area (Å²) >= 11 is 1.17. The van der Waals surface area contributed by atoms with Crippen LogP contribution in [0.2, 0.25) is 0 Å². The summed E-state index contributed by atoms with van der Waals surface area (Å²) in [4.78, 5) is 11.9. The number of nitrogen functional groups attached to an aromatic ring is 1. The van der Waals surface area contributed by atoms with E-state index in [1.165, 1.54) is 23.1 Å². The monoisotopic (exact) mass is 411 g/mol. The van der Waals surface area contributed by atoms with E-state index in [4.69, 9.17) is 15.2 Å². The van der Waals surface area contributed by atoms with Gasteiger partial charge in [-0.15, -0.1) is 10.2 Å². The van der Waals surface area contributed by atoms with Crippen molar-refractivity contribution >= 4 is 28.6 Å². The van der Waals surface area contributed by atoms with Gasteiger partial charge in [0.15, 0.2) is 0 Å². The van der Waals surface area contributed by atoms with E-state index in [2.05, 4.69) is 20.7 Å². The second-order valence-electron chi connectivity index (χ2n) is 6.05. The van der Waals surface area contributed by atoms with Crippen molar-refractivity contribution in [1.29, 1.82) is 0 Å². The number of hydrogen-bond acceptors (Lipinski definition) is 8. The zero-order chi connectivity index (χ0) is 20.5. The van der Waals surface area contributed by atoms with Gasteiger partial charge >= 0.3 is 0 Å². The van der Waals surface area contributed by atoms with Crippen molar-refractivity contribution in [2.75, 3.05) is 18.9 Å². The number of hydrazone groups is 1. The van der Waals surface area contributed by atoms with Crippen molar-refractivity contribution in [3.63, 3.8) is 0 Å². The van der Waals surface area contributed by atoms with E-state index in [9.17, 15) is 4.79 Å². The van der Waals surface area contributed by atoms with Gasteiger partial charge in [-0.1, -0.05) is 41.2 Å². The van der Waals surface area contributed by atoms with Crippen LogP contribution in [0.4, 0.5) is 5.13 Å². The third-order valence-electron chi connectivity index (χ3n) is 3.74. The van der Waals surface area contributed by atoms with Gasteiger partial charge in [-0.2, -0.15) is 5.10 Å². The maximum absolute atomic E-state index is 11.9. The quantitative estimate of drug-likeness (QED) is 0.318. The van der Waals surface area contributed by atoms with Crippen LogP contribution in [-0.4, -0.2) is 35.5 Å². The Morgan fingerprint density at radius 1 is 1.14 bits per heavy atom. The lowest BCUT2D eigenvalue weighted by atomic mass is 10.2. The first-order valence-electron chi connectivity index (χ1n) is 8.91. The lowest BCUT2D eigenvalue weighted by molar-refractivity contribution is -0.120. The molecule has 0 bridgehead atoms. The zero-order valence-electron chi connectivity index (χ0n) is 15.9. The fourth-order valence-corrected chi connectivity index (χ4v) is 2.96. The van der Waals surface area contributed by atoms with Crippen molar-refractivity contribution in [2.45, 2.75) is 13.3 Å². The van der Waals surface area contributed by atoms with Crippen LogP contribution in [0, 0.1) is 6.92 Å². The Labute approximate surface area is 172 Å². The number of para-hydroxylation sites is 1. The summed E-state index contributed by atoms with van der Waals surface area (Å²) in [5, 5.41) is 12.3. The molecule has 0 fully saturated rings. The normalized spacial score (nSPS) is 10.8. The first kappa shape index (κ1) is 20.3. The van der Waals surface area contributed by atoms with Crippen LogP contribution in [0.15, 0.2) is 53.6 Å². The van der Waals surface area contributed by atoms with Gasteiger partial charge in [0.1, 0.15) is 29.7 Å². The number of benzene rings is 2. The maximum atomic E-state index is 11.9. The second kappa shape index (κ2) is 10.2. The lowest BCUT2D eigenvalue weighted by Crippen LogP contribution is -2.19. The van der Waals surface area contributed by atoms with Crippen LogP contribution >= 0.6 is 11.3 Å². The van der Waals surface area contributed by atoms with Crippen molar-refractivity contribution in [2.24, 2.45) is 5.10 Å². The number of rotatable bonds is 9. The van der Waals surface area contributed by atoms with Crippen LogP contribution < -0.4 is 20.6 Å². The fraction of sp³-hybridized carbons (Fsp3) is 0.200. The molecule has 3 N–H and O–H groups in total. The highest BCUT2D eigenvalue weighted by Gasteiger charge is 2.07. The molecule has 29 heavy (non-hydrogen) atoms. The van der Waals surface area contributed by atoms with Crippen LogP contribution in [-0.2, 0) is 11.2 Å². The summed E-state index contributed by atoms with van der Waals surface area (Å²) in [7, 11) is 0. The topological polar surface area (TPSA) is 112 Å². The van der Waals surface area contributed by atoms with Crippen molar-refractivity contribution in [1.82, 2.24) is 15.6 Å². The summed E-state index contributed by atoms with van der Waals surface area (Å²) in [6, 6.07) is 15.3. The Bertz CT molecular complexity index is 972. The number of nitrogens with two attached hydrogens (primary N) is 1. The first-order chi connectivity index (χ1) is 14.1. The first-order valence-corrected chi connectivity index (χ1v) is 9.73. The van der Waals surface area contributed by atoms with Gasteiger partial charge < -0.3 is 15.2 Å². The molecule has 0 aliphatic carbocycles. The van der Waals surface area contributed by atoms with Crippen molar-refractivity contribution in [3.8, 4) is 11.5 Å². The van der Waals surface area contributed by atoms with E-state index < -0.39 is 0 Å². The molecule has 0 radical (unpaired) electrons. The number of aromatic nitrogens is 2. The predicted molar refractivity (Wildman–Crippen MR) is 112 cm³/mol. The summed E-state index contributed by atoms with van der Waals surface area (Å²) in [5.41, 5.74) is 9.88. The van der Waals surface area contributed by atoms with Gasteiger partial charge in [-0.25, -0.2) is 5.43 Å². The largest absolute Gasteiger partial charge is 0.490 e. The highest BCUT2D eigenvalue weighted by molar-refractivity contribution is 7.15. The summed E-state index contributed by atoms with van der Waals surface area (Å²) in [6.45, 7) is 2.82. The lowest BCUT2D eigenvalue weighted by Gasteiger charge is -2.10. The molecule has 2 aromatic carbocycles. The molecular weight excluding hydrogens is 390 g/mol. The Morgan fingerprint density at radius 3 is 2.66 bits per heavy atom. The standard InChI is InChI=1S/C20H21N5O3S/c1-14-6-8-16(9-7-14)27-10-11-28-17-5-3-2-4-15(17)13-22-23-18(26)12-19-24-25-20(21)29-19/h2-9,13H,10-12H2,1H3,(H2,21,25)(H,23,26)/b22-13-. The summed E-state index contributed by atoms with van der Waals surface area (Å²) in [6.07, 6.45) is 1.60. The highest BCUT2D eigenvalue weighted by atomic mass is 32.1. The molecule has 0 saturated heterocycles. The number of amides is 1. The van der Waals surface area contributed by atoms with Gasteiger partial charge in [0.25, 0.3) is 0 Å². The van der Waals surface area contributed by atoms with E-state index in [-0.39, 0.29) is 12.3 Å². The smallest absolute Gasteiger partial charge is 0.247 e. The number of carbonyl (C=O) groups excluding carboxylic acids is 1. The fourth-order valence-electron chi connectivity index (χ4n) is 2.35. The minimum atomic E-state index is -0.303.